The molecule has 1 aromatic rings. The maximum Gasteiger partial charge on any atom is 0.336 e. The first-order valence-electron chi connectivity index (χ1n) is 5.86. The van der Waals surface area contributed by atoms with E-state index in [-0.39, 0.29) is 12.1 Å². The summed E-state index contributed by atoms with van der Waals surface area (Å²) in [6.07, 6.45) is -3.06. The number of nitro benzene ring substituents is 1. The Morgan fingerprint density at radius 2 is 2.00 bits per heavy atom. The van der Waals surface area contributed by atoms with Crippen molar-refractivity contribution in [2.75, 3.05) is 6.54 Å². The molecular weight excluding hydrogens is 284 g/mol. The largest absolute Gasteiger partial charge is 0.478 e. The predicted molar refractivity (Wildman–Crippen MR) is 69.7 cm³/mol. The number of carbonyl (C=O) groups is 2. The Bertz CT molecular complexity index is 573. The average molecular weight is 298 g/mol. The molecule has 0 bridgehead atoms. The molecule has 2 unspecified atom stereocenters. The monoisotopic (exact) mass is 298 g/mol. The van der Waals surface area contributed by atoms with Crippen LogP contribution in [0, 0.1) is 10.1 Å². The fraction of sp³-hybridized carbons (Fsp3) is 0.333. The number of nitrogens with one attached hydrogen (secondary N) is 1. The number of carbonyl (C=O) groups excluding carboxylic acids is 1. The smallest absolute Gasteiger partial charge is 0.336 e. The number of aromatic carboxylic acids is 1. The molecule has 0 aromatic heterocycles. The number of aliphatic hydroxyl groups excluding tert-OH is 2. The van der Waals surface area contributed by atoms with Crippen molar-refractivity contribution < 1.29 is 29.8 Å². The van der Waals surface area contributed by atoms with Crippen LogP contribution in [-0.2, 0) is 4.79 Å². The highest BCUT2D eigenvalue weighted by atomic mass is 16.6. The van der Waals surface area contributed by atoms with E-state index in [2.05, 4.69) is 5.32 Å². The molecule has 0 saturated carbocycles. The molecule has 0 radical (unpaired) electrons. The number of nitrogens with zero attached hydrogens (tertiary/aromatic N) is 1. The zero-order valence-electron chi connectivity index (χ0n) is 11.0. The first kappa shape index (κ1) is 16.5. The van der Waals surface area contributed by atoms with Crippen LogP contribution in [0.4, 0.5) is 5.69 Å². The topological polar surface area (TPSA) is 150 Å². The molecule has 9 nitrogen and oxygen atoms in total. The summed E-state index contributed by atoms with van der Waals surface area (Å²) in [5, 5.41) is 41.6. The van der Waals surface area contributed by atoms with E-state index in [1.807, 2.05) is 0 Å². The highest BCUT2D eigenvalue weighted by molar-refractivity contribution is 5.90. The number of carboxylic acid groups (broad SMARTS) is 1. The molecule has 0 saturated heterocycles. The van der Waals surface area contributed by atoms with Crippen molar-refractivity contribution in [1.82, 2.24) is 5.32 Å². The summed E-state index contributed by atoms with van der Waals surface area (Å²) in [7, 11) is 0. The molecule has 4 N–H and O–H groups in total. The van der Waals surface area contributed by atoms with Crippen molar-refractivity contribution in [1.29, 1.82) is 0 Å². The number of aliphatic hydroxyl groups is 2. The Balaban J connectivity index is 3.08. The maximum atomic E-state index is 11.1. The normalized spacial score (nSPS) is 13.3. The molecule has 21 heavy (non-hydrogen) atoms. The lowest BCUT2D eigenvalue weighted by molar-refractivity contribution is -0.384. The average Bonchev–Trinajstić information content (AvgIpc) is 2.42. The number of nitro groups is 1. The van der Waals surface area contributed by atoms with Gasteiger partial charge in [0.1, 0.15) is 12.2 Å². The molecule has 114 valence electrons. The minimum atomic E-state index is -1.61. The van der Waals surface area contributed by atoms with E-state index in [4.69, 9.17) is 5.11 Å². The zero-order valence-corrected chi connectivity index (χ0v) is 11.0. The van der Waals surface area contributed by atoms with Gasteiger partial charge in [-0.1, -0.05) is 0 Å². The molecule has 0 heterocycles. The van der Waals surface area contributed by atoms with Crippen LogP contribution in [-0.4, -0.2) is 44.8 Å². The quantitative estimate of drug-likeness (QED) is 0.420. The number of benzene rings is 1. The number of amides is 1. The fourth-order valence-corrected chi connectivity index (χ4v) is 1.67. The van der Waals surface area contributed by atoms with Crippen molar-refractivity contribution >= 4 is 17.6 Å². The lowest BCUT2D eigenvalue weighted by Gasteiger charge is -2.19. The summed E-state index contributed by atoms with van der Waals surface area (Å²) >= 11 is 0. The molecule has 0 aliphatic heterocycles. The highest BCUT2D eigenvalue weighted by Crippen LogP contribution is 2.25. The summed E-state index contributed by atoms with van der Waals surface area (Å²) in [6.45, 7) is 0.931. The van der Waals surface area contributed by atoms with Gasteiger partial charge in [0.2, 0.25) is 5.91 Å². The van der Waals surface area contributed by atoms with Gasteiger partial charge in [0.05, 0.1) is 10.5 Å². The number of rotatable bonds is 6. The standard InChI is InChI=1S/C12H14N2O7/c1-6(15)13-5-10(16)11(17)8-3-2-7(14(20)21)4-9(8)12(18)19/h2-4,10-11,16-17H,5H2,1H3,(H,13,15)(H,18,19). The zero-order chi connectivity index (χ0) is 16.2. The van der Waals surface area contributed by atoms with Crippen LogP contribution in [0.3, 0.4) is 0 Å². The number of carboxylic acids is 1. The van der Waals surface area contributed by atoms with Crippen LogP contribution >= 0.6 is 0 Å². The molecule has 0 spiro atoms. The summed E-state index contributed by atoms with van der Waals surface area (Å²) in [5.74, 6) is -1.90. The third-order valence-electron chi connectivity index (χ3n) is 2.72. The van der Waals surface area contributed by atoms with Crippen molar-refractivity contribution in [3.8, 4) is 0 Å². The first-order chi connectivity index (χ1) is 9.73. The fourth-order valence-electron chi connectivity index (χ4n) is 1.67. The lowest BCUT2D eigenvalue weighted by atomic mass is 9.98. The van der Waals surface area contributed by atoms with Crippen LogP contribution in [0.15, 0.2) is 18.2 Å². The van der Waals surface area contributed by atoms with Crippen molar-refractivity contribution in [3.05, 3.63) is 39.4 Å². The maximum absolute atomic E-state index is 11.1. The van der Waals surface area contributed by atoms with Gasteiger partial charge in [-0.05, 0) is 11.6 Å². The predicted octanol–water partition coefficient (Wildman–Crippen LogP) is -0.177. The lowest BCUT2D eigenvalue weighted by Crippen LogP contribution is -2.34. The van der Waals surface area contributed by atoms with Gasteiger partial charge in [0, 0.05) is 25.6 Å². The first-order valence-corrected chi connectivity index (χ1v) is 5.86. The highest BCUT2D eigenvalue weighted by Gasteiger charge is 2.25. The van der Waals surface area contributed by atoms with Crippen LogP contribution in [0.2, 0.25) is 0 Å². The summed E-state index contributed by atoms with van der Waals surface area (Å²) in [6, 6.07) is 2.88. The molecule has 9 heteroatoms. The molecule has 2 atom stereocenters. The molecule has 0 fully saturated rings. The second-order valence-corrected chi connectivity index (χ2v) is 4.28. The Labute approximate surface area is 119 Å². The van der Waals surface area contributed by atoms with Crippen molar-refractivity contribution in [2.24, 2.45) is 0 Å². The third-order valence-corrected chi connectivity index (χ3v) is 2.72. The number of hydrogen-bond acceptors (Lipinski definition) is 6. The van der Waals surface area contributed by atoms with Gasteiger partial charge in [0.25, 0.3) is 5.69 Å². The minimum Gasteiger partial charge on any atom is -0.478 e. The van der Waals surface area contributed by atoms with Crippen LogP contribution in [0.5, 0.6) is 0 Å². The van der Waals surface area contributed by atoms with E-state index in [9.17, 15) is 29.9 Å². The Morgan fingerprint density at radius 1 is 1.38 bits per heavy atom. The van der Waals surface area contributed by atoms with E-state index in [1.54, 1.807) is 0 Å². The molecule has 1 amide bonds. The Kier molecular flexibility index (Phi) is 5.33. The van der Waals surface area contributed by atoms with Crippen LogP contribution < -0.4 is 5.32 Å². The van der Waals surface area contributed by atoms with Crippen LogP contribution in [0.1, 0.15) is 28.9 Å². The SMILES string of the molecule is CC(=O)NCC(O)C(O)c1ccc([N+](=O)[O-])cc1C(=O)O. The van der Waals surface area contributed by atoms with E-state index in [0.717, 1.165) is 18.2 Å². The molecule has 1 aromatic carbocycles. The van der Waals surface area contributed by atoms with Gasteiger partial charge in [-0.25, -0.2) is 4.79 Å². The molecule has 0 aliphatic rings. The molecule has 1 rings (SSSR count). The van der Waals surface area contributed by atoms with Crippen molar-refractivity contribution in [2.45, 2.75) is 19.1 Å². The van der Waals surface area contributed by atoms with E-state index >= 15 is 0 Å². The van der Waals surface area contributed by atoms with Gasteiger partial charge in [-0.2, -0.15) is 0 Å². The summed E-state index contributed by atoms with van der Waals surface area (Å²) in [5.41, 5.74) is -1.11. The van der Waals surface area contributed by atoms with Gasteiger partial charge >= 0.3 is 5.97 Å². The Hall–Kier alpha value is -2.52. The second kappa shape index (κ2) is 6.77. The minimum absolute atomic E-state index is 0.175. The summed E-state index contributed by atoms with van der Waals surface area (Å²) < 4.78 is 0. The van der Waals surface area contributed by atoms with Gasteiger partial charge in [0.15, 0.2) is 0 Å². The summed E-state index contributed by atoms with van der Waals surface area (Å²) in [4.78, 5) is 31.7. The van der Waals surface area contributed by atoms with Crippen molar-refractivity contribution in [3.63, 3.8) is 0 Å². The molecular formula is C12H14N2O7. The van der Waals surface area contributed by atoms with E-state index in [1.165, 1.54) is 6.92 Å². The van der Waals surface area contributed by atoms with Crippen LogP contribution in [0.25, 0.3) is 0 Å². The van der Waals surface area contributed by atoms with Gasteiger partial charge in [-0.3, -0.25) is 14.9 Å². The van der Waals surface area contributed by atoms with Gasteiger partial charge in [-0.15, -0.1) is 0 Å². The Morgan fingerprint density at radius 3 is 2.48 bits per heavy atom. The second-order valence-electron chi connectivity index (χ2n) is 4.28. The number of non-ortho nitro benzene ring substituents is 1. The third kappa shape index (κ3) is 4.23. The van der Waals surface area contributed by atoms with Gasteiger partial charge < -0.3 is 20.6 Å². The molecule has 0 aliphatic carbocycles. The number of hydrogen-bond donors (Lipinski definition) is 4. The van der Waals surface area contributed by atoms with E-state index in [0.29, 0.717) is 0 Å². The van der Waals surface area contributed by atoms with E-state index < -0.39 is 40.3 Å².